The lowest BCUT2D eigenvalue weighted by atomic mass is 10.1. The number of benzene rings is 1. The Labute approximate surface area is 81.2 Å². The first-order valence-corrected chi connectivity index (χ1v) is 4.50. The second-order valence-corrected chi connectivity index (χ2v) is 3.32. The van der Waals surface area contributed by atoms with E-state index in [1.165, 1.54) is 5.56 Å². The van der Waals surface area contributed by atoms with Gasteiger partial charge in [0.05, 0.1) is 11.6 Å². The summed E-state index contributed by atoms with van der Waals surface area (Å²) in [5.74, 6) is 0.864. The molecule has 0 spiro atoms. The third-order valence-corrected chi connectivity index (χ3v) is 2.22. The average Bonchev–Trinajstić information content (AvgIpc) is 2.05. The number of rotatable bonds is 3. The van der Waals surface area contributed by atoms with Crippen molar-refractivity contribution in [3.8, 4) is 5.75 Å². The van der Waals surface area contributed by atoms with Gasteiger partial charge in [0, 0.05) is 0 Å². The van der Waals surface area contributed by atoms with Crippen molar-refractivity contribution in [1.29, 1.82) is 0 Å². The van der Waals surface area contributed by atoms with Crippen LogP contribution in [0, 0.1) is 0 Å². The smallest absolute Gasteiger partial charge is 0.133 e. The summed E-state index contributed by atoms with van der Waals surface area (Å²) in [6.07, 6.45) is 2.77. The maximum Gasteiger partial charge on any atom is 0.133 e. The van der Waals surface area contributed by atoms with Gasteiger partial charge < -0.3 is 4.74 Å². The number of hydrogen-bond donors (Lipinski definition) is 0. The molecule has 0 heterocycles. The maximum atomic E-state index is 5.11. The molecule has 12 heavy (non-hydrogen) atoms. The van der Waals surface area contributed by atoms with Gasteiger partial charge in [0.25, 0.3) is 0 Å². The molecule has 1 aromatic carbocycles. The molecule has 0 bridgehead atoms. The van der Waals surface area contributed by atoms with Gasteiger partial charge in [0.15, 0.2) is 0 Å². The lowest BCUT2D eigenvalue weighted by Crippen LogP contribution is -1.86. The minimum Gasteiger partial charge on any atom is -0.496 e. The standard InChI is InChI=1S/C10H11BrO/c1-3-4-8-5-6-10(12-2)9(11)7-8/h3,5-7H,1,4H2,2H3. The van der Waals surface area contributed by atoms with E-state index in [4.69, 9.17) is 4.74 Å². The summed E-state index contributed by atoms with van der Waals surface area (Å²) < 4.78 is 6.10. The van der Waals surface area contributed by atoms with Gasteiger partial charge in [-0.3, -0.25) is 0 Å². The number of ether oxygens (including phenoxy) is 1. The lowest BCUT2D eigenvalue weighted by molar-refractivity contribution is 0.412. The Morgan fingerprint density at radius 3 is 2.83 bits per heavy atom. The fourth-order valence-electron chi connectivity index (χ4n) is 1.00. The van der Waals surface area contributed by atoms with Crippen molar-refractivity contribution >= 4 is 15.9 Å². The second-order valence-electron chi connectivity index (χ2n) is 2.46. The third-order valence-electron chi connectivity index (χ3n) is 1.60. The van der Waals surface area contributed by atoms with Crippen LogP contribution in [0.1, 0.15) is 5.56 Å². The molecule has 0 unspecified atom stereocenters. The molecular formula is C10H11BrO. The average molecular weight is 227 g/mol. The molecule has 0 aliphatic rings. The third kappa shape index (κ3) is 2.11. The summed E-state index contributed by atoms with van der Waals surface area (Å²) in [7, 11) is 1.66. The molecule has 0 aromatic heterocycles. The largest absolute Gasteiger partial charge is 0.496 e. The molecule has 1 rings (SSSR count). The van der Waals surface area contributed by atoms with Gasteiger partial charge in [0.1, 0.15) is 5.75 Å². The molecule has 0 radical (unpaired) electrons. The molecular weight excluding hydrogens is 216 g/mol. The zero-order valence-electron chi connectivity index (χ0n) is 7.01. The van der Waals surface area contributed by atoms with Crippen LogP contribution in [0.3, 0.4) is 0 Å². The Bertz CT molecular complexity index is 281. The quantitative estimate of drug-likeness (QED) is 0.720. The van der Waals surface area contributed by atoms with Crippen molar-refractivity contribution < 1.29 is 4.74 Å². The molecule has 0 fully saturated rings. The van der Waals surface area contributed by atoms with Gasteiger partial charge in [0.2, 0.25) is 0 Å². The fourth-order valence-corrected chi connectivity index (χ4v) is 1.59. The first-order valence-electron chi connectivity index (χ1n) is 3.71. The van der Waals surface area contributed by atoms with Crippen molar-refractivity contribution in [2.45, 2.75) is 6.42 Å². The monoisotopic (exact) mass is 226 g/mol. The van der Waals surface area contributed by atoms with E-state index >= 15 is 0 Å². The molecule has 0 atom stereocenters. The van der Waals surface area contributed by atoms with Crippen LogP contribution in [-0.4, -0.2) is 7.11 Å². The van der Waals surface area contributed by atoms with Crippen molar-refractivity contribution in [3.05, 3.63) is 40.9 Å². The zero-order chi connectivity index (χ0) is 8.97. The minimum absolute atomic E-state index is 0.864. The van der Waals surface area contributed by atoms with Crippen molar-refractivity contribution in [3.63, 3.8) is 0 Å². The van der Waals surface area contributed by atoms with Gasteiger partial charge in [-0.15, -0.1) is 6.58 Å². The zero-order valence-corrected chi connectivity index (χ0v) is 8.60. The SMILES string of the molecule is C=CCc1ccc(OC)c(Br)c1. The number of methoxy groups -OCH3 is 1. The topological polar surface area (TPSA) is 9.23 Å². The first kappa shape index (κ1) is 9.33. The van der Waals surface area contributed by atoms with E-state index < -0.39 is 0 Å². The van der Waals surface area contributed by atoms with Crippen LogP contribution in [0.4, 0.5) is 0 Å². The number of halogens is 1. The van der Waals surface area contributed by atoms with Crippen molar-refractivity contribution in [1.82, 2.24) is 0 Å². The molecule has 0 aliphatic heterocycles. The van der Waals surface area contributed by atoms with E-state index in [1.807, 2.05) is 24.3 Å². The van der Waals surface area contributed by atoms with Crippen molar-refractivity contribution in [2.24, 2.45) is 0 Å². The van der Waals surface area contributed by atoms with Crippen LogP contribution < -0.4 is 4.74 Å². The van der Waals surface area contributed by atoms with Gasteiger partial charge in [-0.2, -0.15) is 0 Å². The predicted molar refractivity (Wildman–Crippen MR) is 54.6 cm³/mol. The Balaban J connectivity index is 2.93. The van der Waals surface area contributed by atoms with Crippen LogP contribution in [0.2, 0.25) is 0 Å². The molecule has 0 amide bonds. The Kier molecular flexibility index (Phi) is 3.35. The summed E-state index contributed by atoms with van der Waals surface area (Å²) in [4.78, 5) is 0. The van der Waals surface area contributed by atoms with E-state index in [0.717, 1.165) is 16.6 Å². The fraction of sp³-hybridized carbons (Fsp3) is 0.200. The number of allylic oxidation sites excluding steroid dienone is 1. The molecule has 64 valence electrons. The minimum atomic E-state index is 0.864. The van der Waals surface area contributed by atoms with Gasteiger partial charge in [-0.05, 0) is 40.0 Å². The van der Waals surface area contributed by atoms with Crippen LogP contribution in [0.25, 0.3) is 0 Å². The first-order chi connectivity index (χ1) is 5.77. The molecule has 0 N–H and O–H groups in total. The van der Waals surface area contributed by atoms with Gasteiger partial charge in [-0.25, -0.2) is 0 Å². The van der Waals surface area contributed by atoms with Crippen molar-refractivity contribution in [2.75, 3.05) is 7.11 Å². The molecule has 1 aromatic rings. The molecule has 0 aliphatic carbocycles. The van der Waals surface area contributed by atoms with Crippen LogP contribution in [0.5, 0.6) is 5.75 Å². The summed E-state index contributed by atoms with van der Waals surface area (Å²) in [6.45, 7) is 3.68. The second kappa shape index (κ2) is 4.31. The molecule has 1 nitrogen and oxygen atoms in total. The highest BCUT2D eigenvalue weighted by Crippen LogP contribution is 2.25. The molecule has 2 heteroatoms. The highest BCUT2D eigenvalue weighted by molar-refractivity contribution is 9.10. The summed E-state index contributed by atoms with van der Waals surface area (Å²) >= 11 is 3.42. The van der Waals surface area contributed by atoms with Gasteiger partial charge >= 0.3 is 0 Å². The van der Waals surface area contributed by atoms with E-state index in [9.17, 15) is 0 Å². The maximum absolute atomic E-state index is 5.11. The highest BCUT2D eigenvalue weighted by atomic mass is 79.9. The summed E-state index contributed by atoms with van der Waals surface area (Å²) in [6, 6.07) is 6.02. The van der Waals surface area contributed by atoms with E-state index in [-0.39, 0.29) is 0 Å². The molecule has 0 saturated heterocycles. The Hall–Kier alpha value is -0.760. The summed E-state index contributed by atoms with van der Waals surface area (Å²) in [5, 5.41) is 0. The predicted octanol–water partition coefficient (Wildman–Crippen LogP) is 3.19. The molecule has 0 saturated carbocycles. The van der Waals surface area contributed by atoms with Crippen LogP contribution >= 0.6 is 15.9 Å². The normalized spacial score (nSPS) is 9.50. The Morgan fingerprint density at radius 1 is 1.58 bits per heavy atom. The lowest BCUT2D eigenvalue weighted by Gasteiger charge is -2.04. The van der Waals surface area contributed by atoms with E-state index in [0.29, 0.717) is 0 Å². The van der Waals surface area contributed by atoms with E-state index in [2.05, 4.69) is 22.5 Å². The number of hydrogen-bond acceptors (Lipinski definition) is 1. The highest BCUT2D eigenvalue weighted by Gasteiger charge is 1.99. The van der Waals surface area contributed by atoms with Gasteiger partial charge in [-0.1, -0.05) is 12.1 Å². The van der Waals surface area contributed by atoms with E-state index in [1.54, 1.807) is 7.11 Å². The Morgan fingerprint density at radius 2 is 2.33 bits per heavy atom. The van der Waals surface area contributed by atoms with Crippen LogP contribution in [0.15, 0.2) is 35.3 Å². The van der Waals surface area contributed by atoms with Crippen LogP contribution in [-0.2, 0) is 6.42 Å². The summed E-state index contributed by atoms with van der Waals surface area (Å²) in [5.41, 5.74) is 1.23.